The molecule has 1 saturated carbocycles. The number of pyridine rings is 1. The van der Waals surface area contributed by atoms with E-state index in [2.05, 4.69) is 40.0 Å². The summed E-state index contributed by atoms with van der Waals surface area (Å²) < 4.78 is 5.23. The van der Waals surface area contributed by atoms with Crippen molar-refractivity contribution in [3.63, 3.8) is 0 Å². The average Bonchev–Trinajstić information content (AvgIpc) is 3.46. The molecule has 1 aromatic carbocycles. The summed E-state index contributed by atoms with van der Waals surface area (Å²) in [7, 11) is 0. The van der Waals surface area contributed by atoms with E-state index in [-0.39, 0.29) is 23.1 Å². The topological polar surface area (TPSA) is 101 Å². The largest absolute Gasteiger partial charge is 0.345 e. The minimum atomic E-state index is -0.318. The van der Waals surface area contributed by atoms with Crippen molar-refractivity contribution in [1.29, 1.82) is 0 Å². The van der Waals surface area contributed by atoms with Crippen LogP contribution in [-0.2, 0) is 16.8 Å². The Morgan fingerprint density at radius 1 is 1.11 bits per heavy atom. The zero-order valence-electron chi connectivity index (χ0n) is 21.0. The molecule has 0 atom stereocenters. The number of nitrogens with zero attached hydrogens (tertiary/aromatic N) is 4. The first-order valence-corrected chi connectivity index (χ1v) is 12.4. The number of carbonyl (C=O) groups excluding carboxylic acids is 2. The van der Waals surface area contributed by atoms with E-state index >= 15 is 0 Å². The standard InChI is InChI=1S/C20H20N4O2.C8H13NO/c1-13-11-15(14-5-9-21-10-6-14)3-4-16(13)12-22-18(25)17-23-19(26-24-17)20(2)7-8-20;1-2-8(10)9-6-4-3-5-7-9/h3-6,9-11H,7-8,12H2,1-2H3,(H,22,25);2H,1,3-7H2. The molecule has 36 heavy (non-hydrogen) atoms. The van der Waals surface area contributed by atoms with Crippen molar-refractivity contribution >= 4 is 11.8 Å². The van der Waals surface area contributed by atoms with E-state index in [1.165, 1.54) is 12.5 Å². The van der Waals surface area contributed by atoms with E-state index in [1.807, 2.05) is 36.1 Å². The highest BCUT2D eigenvalue weighted by Gasteiger charge is 2.44. The Balaban J connectivity index is 0.000000256. The van der Waals surface area contributed by atoms with Crippen molar-refractivity contribution in [1.82, 2.24) is 25.3 Å². The molecule has 188 valence electrons. The first kappa shape index (κ1) is 25.3. The van der Waals surface area contributed by atoms with Gasteiger partial charge in [0.15, 0.2) is 0 Å². The number of aromatic nitrogens is 3. The number of piperidine rings is 1. The first-order valence-electron chi connectivity index (χ1n) is 12.4. The average molecular weight is 488 g/mol. The van der Waals surface area contributed by atoms with Gasteiger partial charge in [0.25, 0.3) is 11.7 Å². The fraction of sp³-hybridized carbons (Fsp3) is 0.393. The lowest BCUT2D eigenvalue weighted by Crippen LogP contribution is -2.34. The summed E-state index contributed by atoms with van der Waals surface area (Å²) in [6, 6.07) is 10.1. The van der Waals surface area contributed by atoms with Crippen LogP contribution in [0, 0.1) is 6.92 Å². The van der Waals surface area contributed by atoms with Crippen LogP contribution >= 0.6 is 0 Å². The van der Waals surface area contributed by atoms with Crippen LogP contribution in [0.5, 0.6) is 0 Å². The minimum Gasteiger partial charge on any atom is -0.345 e. The predicted molar refractivity (Wildman–Crippen MR) is 137 cm³/mol. The molecule has 0 spiro atoms. The molecule has 2 amide bonds. The monoisotopic (exact) mass is 487 g/mol. The van der Waals surface area contributed by atoms with Crippen LogP contribution in [0.25, 0.3) is 11.1 Å². The van der Waals surface area contributed by atoms with Gasteiger partial charge in [-0.3, -0.25) is 14.6 Å². The molecule has 5 rings (SSSR count). The first-order chi connectivity index (χ1) is 17.4. The zero-order valence-corrected chi connectivity index (χ0v) is 21.0. The van der Waals surface area contributed by atoms with Gasteiger partial charge >= 0.3 is 0 Å². The number of hydrogen-bond donors (Lipinski definition) is 1. The number of likely N-dealkylation sites (tertiary alicyclic amines) is 1. The lowest BCUT2D eigenvalue weighted by molar-refractivity contribution is -0.126. The highest BCUT2D eigenvalue weighted by molar-refractivity contribution is 5.90. The summed E-state index contributed by atoms with van der Waals surface area (Å²) in [5.41, 5.74) is 4.37. The van der Waals surface area contributed by atoms with E-state index in [0.717, 1.165) is 61.0 Å². The Hall–Kier alpha value is -3.81. The second-order valence-corrected chi connectivity index (χ2v) is 9.63. The third-order valence-corrected chi connectivity index (χ3v) is 6.78. The van der Waals surface area contributed by atoms with Gasteiger partial charge in [-0.05, 0) is 79.5 Å². The van der Waals surface area contributed by atoms with Crippen LogP contribution in [0.3, 0.4) is 0 Å². The number of amides is 2. The minimum absolute atomic E-state index is 0.0368. The fourth-order valence-electron chi connectivity index (χ4n) is 4.08. The Bertz CT molecular complexity index is 1210. The summed E-state index contributed by atoms with van der Waals surface area (Å²) in [6.07, 6.45) is 10.6. The molecule has 0 bridgehead atoms. The molecule has 3 aromatic rings. The summed E-state index contributed by atoms with van der Waals surface area (Å²) in [6.45, 7) is 9.81. The quantitative estimate of drug-likeness (QED) is 0.510. The molecule has 2 aliphatic rings. The predicted octanol–water partition coefficient (Wildman–Crippen LogP) is 4.61. The van der Waals surface area contributed by atoms with E-state index in [9.17, 15) is 9.59 Å². The van der Waals surface area contributed by atoms with Crippen LogP contribution in [0.15, 0.2) is 59.9 Å². The van der Waals surface area contributed by atoms with Gasteiger partial charge in [-0.2, -0.15) is 4.98 Å². The van der Waals surface area contributed by atoms with E-state index in [0.29, 0.717) is 12.4 Å². The molecule has 0 radical (unpaired) electrons. The summed E-state index contributed by atoms with van der Waals surface area (Å²) in [5.74, 6) is 0.418. The second-order valence-electron chi connectivity index (χ2n) is 9.63. The van der Waals surface area contributed by atoms with Crippen molar-refractivity contribution < 1.29 is 14.1 Å². The summed E-state index contributed by atoms with van der Waals surface area (Å²) in [4.78, 5) is 33.4. The van der Waals surface area contributed by atoms with Crippen molar-refractivity contribution in [3.05, 3.63) is 78.2 Å². The molecule has 3 heterocycles. The second kappa shape index (κ2) is 11.3. The van der Waals surface area contributed by atoms with Gasteiger partial charge in [0.1, 0.15) is 0 Å². The van der Waals surface area contributed by atoms with Gasteiger partial charge in [-0.1, -0.05) is 36.9 Å². The molecule has 8 nitrogen and oxygen atoms in total. The molecule has 2 aromatic heterocycles. The Morgan fingerprint density at radius 2 is 1.83 bits per heavy atom. The van der Waals surface area contributed by atoms with Crippen molar-refractivity contribution in [3.8, 4) is 11.1 Å². The van der Waals surface area contributed by atoms with Gasteiger partial charge in [0, 0.05) is 37.4 Å². The SMILES string of the molecule is C=CC(=O)N1CCCCC1.Cc1cc(-c2ccncc2)ccc1CNC(=O)c1noc(C2(C)CC2)n1. The molecular formula is C28H33N5O3. The van der Waals surface area contributed by atoms with Crippen LogP contribution < -0.4 is 5.32 Å². The maximum Gasteiger partial charge on any atom is 0.292 e. The molecule has 1 N–H and O–H groups in total. The molecular weight excluding hydrogens is 454 g/mol. The van der Waals surface area contributed by atoms with E-state index in [4.69, 9.17) is 4.52 Å². The van der Waals surface area contributed by atoms with Crippen LogP contribution in [0.2, 0.25) is 0 Å². The van der Waals surface area contributed by atoms with Gasteiger partial charge in [-0.15, -0.1) is 0 Å². The molecule has 2 fully saturated rings. The third-order valence-electron chi connectivity index (χ3n) is 6.78. The van der Waals surface area contributed by atoms with E-state index < -0.39 is 0 Å². The maximum atomic E-state index is 12.3. The van der Waals surface area contributed by atoms with Gasteiger partial charge in [-0.25, -0.2) is 0 Å². The summed E-state index contributed by atoms with van der Waals surface area (Å²) in [5, 5.41) is 6.67. The van der Waals surface area contributed by atoms with Crippen molar-refractivity contribution in [2.24, 2.45) is 0 Å². The van der Waals surface area contributed by atoms with Crippen LogP contribution in [-0.4, -0.2) is 44.9 Å². The Morgan fingerprint density at radius 3 is 2.47 bits per heavy atom. The van der Waals surface area contributed by atoms with Crippen molar-refractivity contribution in [2.75, 3.05) is 13.1 Å². The van der Waals surface area contributed by atoms with Gasteiger partial charge < -0.3 is 14.7 Å². The summed E-state index contributed by atoms with van der Waals surface area (Å²) >= 11 is 0. The number of aryl methyl sites for hydroxylation is 1. The Kier molecular flexibility index (Phi) is 7.93. The van der Waals surface area contributed by atoms with Crippen LogP contribution in [0.1, 0.15) is 66.7 Å². The normalized spacial score (nSPS) is 15.9. The maximum absolute atomic E-state index is 12.3. The molecule has 0 unspecified atom stereocenters. The molecule has 8 heteroatoms. The number of rotatable bonds is 6. The Labute approximate surface area is 211 Å². The smallest absolute Gasteiger partial charge is 0.292 e. The highest BCUT2D eigenvalue weighted by atomic mass is 16.5. The highest BCUT2D eigenvalue weighted by Crippen LogP contribution is 2.46. The fourth-order valence-corrected chi connectivity index (χ4v) is 4.08. The van der Waals surface area contributed by atoms with Crippen molar-refractivity contribution in [2.45, 2.75) is 57.9 Å². The zero-order chi connectivity index (χ0) is 25.5. The number of hydrogen-bond acceptors (Lipinski definition) is 6. The van der Waals surface area contributed by atoms with E-state index in [1.54, 1.807) is 12.4 Å². The third kappa shape index (κ3) is 6.24. The van der Waals surface area contributed by atoms with Crippen LogP contribution in [0.4, 0.5) is 0 Å². The number of nitrogens with one attached hydrogen (secondary N) is 1. The molecule has 1 saturated heterocycles. The lowest BCUT2D eigenvalue weighted by Gasteiger charge is -2.25. The lowest BCUT2D eigenvalue weighted by atomic mass is 10.0. The number of benzene rings is 1. The van der Waals surface area contributed by atoms with Gasteiger partial charge in [0.05, 0.1) is 0 Å². The molecule has 1 aliphatic heterocycles. The number of carbonyl (C=O) groups is 2. The van der Waals surface area contributed by atoms with Gasteiger partial charge in [0.2, 0.25) is 11.8 Å². The molecule has 1 aliphatic carbocycles.